The van der Waals surface area contributed by atoms with Crippen LogP contribution in [0.1, 0.15) is 17.9 Å². The van der Waals surface area contributed by atoms with E-state index in [4.69, 9.17) is 10.3 Å². The van der Waals surface area contributed by atoms with Gasteiger partial charge in [0.25, 0.3) is 0 Å². The largest absolute Gasteiger partial charge is 0.367 e. The number of benzene rings is 1. The minimum Gasteiger partial charge on any atom is -0.367 e. The summed E-state index contributed by atoms with van der Waals surface area (Å²) in [5.41, 5.74) is 6.60. The lowest BCUT2D eigenvalue weighted by molar-refractivity contribution is 0.427. The fraction of sp³-hybridized carbons (Fsp3) is 0.250. The molecule has 2 N–H and O–H groups in total. The minimum absolute atomic E-state index is 0.0314. The predicted molar refractivity (Wildman–Crippen MR) is 69.6 cm³/mol. The molecule has 0 aliphatic heterocycles. The van der Waals surface area contributed by atoms with Gasteiger partial charge in [0.2, 0.25) is 5.88 Å². The third kappa shape index (κ3) is 2.60. The monoisotopic (exact) mass is 284 g/mol. The number of rotatable bonds is 3. The minimum atomic E-state index is -3.35. The first-order valence-electron chi connectivity index (χ1n) is 5.50. The zero-order valence-electron chi connectivity index (χ0n) is 10.4. The van der Waals surface area contributed by atoms with Crippen molar-refractivity contribution in [1.29, 1.82) is 0 Å². The third-order valence-electron chi connectivity index (χ3n) is 2.89. The van der Waals surface area contributed by atoms with Crippen molar-refractivity contribution >= 4 is 15.7 Å². The Balaban J connectivity index is 2.62. The maximum Gasteiger partial charge on any atom is 0.230 e. The van der Waals surface area contributed by atoms with Crippen LogP contribution in [-0.4, -0.2) is 19.8 Å². The molecule has 0 aliphatic carbocycles. The Kier molecular flexibility index (Phi) is 3.32. The Bertz CT molecular complexity index is 710. The topological polar surface area (TPSA) is 86.2 Å². The van der Waals surface area contributed by atoms with Crippen LogP contribution in [0.25, 0.3) is 11.1 Å². The van der Waals surface area contributed by atoms with E-state index < -0.39 is 20.9 Å². The molecule has 0 fully saturated rings. The summed E-state index contributed by atoms with van der Waals surface area (Å²) in [4.78, 5) is 0. The quantitative estimate of drug-likeness (QED) is 0.933. The number of hydrogen-bond donors (Lipinski definition) is 1. The number of hydrogen-bond acceptors (Lipinski definition) is 5. The molecule has 0 aliphatic rings. The molecule has 0 radical (unpaired) electrons. The lowest BCUT2D eigenvalue weighted by Gasteiger charge is -2.08. The molecule has 0 amide bonds. The first kappa shape index (κ1) is 13.5. The van der Waals surface area contributed by atoms with Gasteiger partial charge in [0, 0.05) is 6.26 Å². The van der Waals surface area contributed by atoms with E-state index in [-0.39, 0.29) is 11.6 Å². The molecule has 7 heteroatoms. The second-order valence-electron chi connectivity index (χ2n) is 4.29. The van der Waals surface area contributed by atoms with E-state index in [9.17, 15) is 12.8 Å². The molecule has 1 aromatic carbocycles. The van der Waals surface area contributed by atoms with Crippen LogP contribution in [-0.2, 0) is 9.84 Å². The Morgan fingerprint density at radius 1 is 1.42 bits per heavy atom. The van der Waals surface area contributed by atoms with E-state index in [1.165, 1.54) is 25.1 Å². The van der Waals surface area contributed by atoms with Crippen LogP contribution in [0.3, 0.4) is 0 Å². The van der Waals surface area contributed by atoms with Crippen molar-refractivity contribution in [2.24, 2.45) is 0 Å². The fourth-order valence-corrected chi connectivity index (χ4v) is 2.30. The van der Waals surface area contributed by atoms with Gasteiger partial charge in [0.05, 0.1) is 5.56 Å². The molecular formula is C12H13FN2O3S. The van der Waals surface area contributed by atoms with Gasteiger partial charge in [-0.1, -0.05) is 17.3 Å². The van der Waals surface area contributed by atoms with Crippen LogP contribution >= 0.6 is 0 Å². The highest BCUT2D eigenvalue weighted by Gasteiger charge is 2.27. The molecule has 1 aromatic heterocycles. The van der Waals surface area contributed by atoms with E-state index in [0.29, 0.717) is 11.1 Å². The number of anilines is 1. The van der Waals surface area contributed by atoms with Crippen LogP contribution in [0.4, 0.5) is 10.3 Å². The van der Waals surface area contributed by atoms with Crippen molar-refractivity contribution in [3.8, 4) is 11.1 Å². The van der Waals surface area contributed by atoms with Crippen LogP contribution in [0.15, 0.2) is 28.8 Å². The van der Waals surface area contributed by atoms with Crippen LogP contribution in [0.5, 0.6) is 0 Å². The molecule has 1 unspecified atom stereocenters. The summed E-state index contributed by atoms with van der Waals surface area (Å²) in [7, 11) is -3.35. The molecule has 0 bridgehead atoms. The van der Waals surface area contributed by atoms with Gasteiger partial charge in [-0.3, -0.25) is 0 Å². The van der Waals surface area contributed by atoms with Gasteiger partial charge >= 0.3 is 0 Å². The summed E-state index contributed by atoms with van der Waals surface area (Å²) in [6.45, 7) is 1.48. The molecule has 19 heavy (non-hydrogen) atoms. The Morgan fingerprint density at radius 2 is 2.11 bits per heavy atom. The highest BCUT2D eigenvalue weighted by atomic mass is 32.2. The summed E-state index contributed by atoms with van der Waals surface area (Å²) in [5.74, 6) is -0.479. The average Bonchev–Trinajstić information content (AvgIpc) is 2.68. The number of halogens is 1. The molecule has 5 nitrogen and oxygen atoms in total. The van der Waals surface area contributed by atoms with Gasteiger partial charge in [-0.15, -0.1) is 0 Å². The first-order valence-corrected chi connectivity index (χ1v) is 7.46. The first-order chi connectivity index (χ1) is 8.80. The van der Waals surface area contributed by atoms with Crippen molar-refractivity contribution in [3.63, 3.8) is 0 Å². The van der Waals surface area contributed by atoms with Gasteiger partial charge in [0.1, 0.15) is 16.8 Å². The van der Waals surface area contributed by atoms with Gasteiger partial charge < -0.3 is 10.3 Å². The molecule has 0 spiro atoms. The lowest BCUT2D eigenvalue weighted by atomic mass is 10.0. The molecule has 102 valence electrons. The van der Waals surface area contributed by atoms with E-state index in [2.05, 4.69) is 5.16 Å². The molecular weight excluding hydrogens is 271 g/mol. The van der Waals surface area contributed by atoms with Crippen LogP contribution in [0.2, 0.25) is 0 Å². The van der Waals surface area contributed by atoms with E-state index >= 15 is 0 Å². The molecule has 2 aromatic rings. The van der Waals surface area contributed by atoms with Gasteiger partial charge in [-0.2, -0.15) is 0 Å². The van der Waals surface area contributed by atoms with E-state index in [0.717, 1.165) is 6.26 Å². The number of nitrogens with two attached hydrogens (primary N) is 1. The number of sulfone groups is 1. The Labute approximate surface area is 110 Å². The highest BCUT2D eigenvalue weighted by molar-refractivity contribution is 7.90. The fourth-order valence-electron chi connectivity index (χ4n) is 1.73. The van der Waals surface area contributed by atoms with Crippen molar-refractivity contribution < 1.29 is 17.3 Å². The Hall–Kier alpha value is -1.89. The molecule has 1 heterocycles. The van der Waals surface area contributed by atoms with Crippen molar-refractivity contribution in [2.45, 2.75) is 12.2 Å². The molecule has 0 saturated carbocycles. The molecule has 1 atom stereocenters. The number of aromatic nitrogens is 1. The zero-order valence-corrected chi connectivity index (χ0v) is 11.2. The summed E-state index contributed by atoms with van der Waals surface area (Å²) < 4.78 is 41.3. The van der Waals surface area contributed by atoms with Crippen molar-refractivity contribution in [2.75, 3.05) is 12.0 Å². The third-order valence-corrected chi connectivity index (χ3v) is 4.39. The zero-order chi connectivity index (χ0) is 14.2. The maximum atomic E-state index is 13.2. The average molecular weight is 284 g/mol. The predicted octanol–water partition coefficient (Wildman–Crippen LogP) is 2.17. The summed E-state index contributed by atoms with van der Waals surface area (Å²) in [6.07, 6.45) is 1.10. The Morgan fingerprint density at radius 3 is 2.68 bits per heavy atom. The summed E-state index contributed by atoms with van der Waals surface area (Å²) in [5, 5.41) is 2.80. The molecule has 0 saturated heterocycles. The smallest absolute Gasteiger partial charge is 0.230 e. The van der Waals surface area contributed by atoms with E-state index in [1.807, 2.05) is 0 Å². The highest BCUT2D eigenvalue weighted by Crippen LogP contribution is 2.35. The maximum absolute atomic E-state index is 13.2. The van der Waals surface area contributed by atoms with Crippen LogP contribution < -0.4 is 5.73 Å². The van der Waals surface area contributed by atoms with Crippen LogP contribution in [0, 0.1) is 5.82 Å². The summed E-state index contributed by atoms with van der Waals surface area (Å²) in [6, 6.07) is 5.66. The lowest BCUT2D eigenvalue weighted by Crippen LogP contribution is -2.09. The normalized spacial score (nSPS) is 13.4. The van der Waals surface area contributed by atoms with Gasteiger partial charge in [0.15, 0.2) is 9.84 Å². The number of nitrogen functional groups attached to an aromatic ring is 1. The SMILES string of the molecule is CC(c1noc(N)c1-c1cccc(F)c1)S(C)(=O)=O. The van der Waals surface area contributed by atoms with Crippen molar-refractivity contribution in [3.05, 3.63) is 35.8 Å². The van der Waals surface area contributed by atoms with Crippen molar-refractivity contribution in [1.82, 2.24) is 5.16 Å². The second kappa shape index (κ2) is 4.65. The second-order valence-corrected chi connectivity index (χ2v) is 6.66. The van der Waals surface area contributed by atoms with E-state index in [1.54, 1.807) is 6.07 Å². The van der Waals surface area contributed by atoms with Gasteiger partial charge in [-0.25, -0.2) is 12.8 Å². The number of nitrogens with zero attached hydrogens (tertiary/aromatic N) is 1. The van der Waals surface area contributed by atoms with Gasteiger partial charge in [-0.05, 0) is 24.6 Å². The standard InChI is InChI=1S/C12H13FN2O3S/c1-7(19(2,16)17)11-10(12(14)18-15-11)8-4-3-5-9(13)6-8/h3-7H,14H2,1-2H3. The molecule has 2 rings (SSSR count). The summed E-state index contributed by atoms with van der Waals surface area (Å²) >= 11 is 0.